The van der Waals surface area contributed by atoms with E-state index in [1.165, 1.54) is 11.8 Å². The Morgan fingerprint density at radius 2 is 2.00 bits per heavy atom. The summed E-state index contributed by atoms with van der Waals surface area (Å²) in [6, 6.07) is 14.1. The van der Waals surface area contributed by atoms with Crippen LogP contribution in [0.1, 0.15) is 18.1 Å². The quantitative estimate of drug-likeness (QED) is 0.701. The van der Waals surface area contributed by atoms with Crippen molar-refractivity contribution in [2.24, 2.45) is 0 Å². The minimum Gasteiger partial charge on any atom is -0.325 e. The van der Waals surface area contributed by atoms with Gasteiger partial charge in [0.15, 0.2) is 5.16 Å². The van der Waals surface area contributed by atoms with E-state index in [-0.39, 0.29) is 5.91 Å². The number of carbonyl (C=O) groups is 1. The molecule has 0 atom stereocenters. The molecule has 24 heavy (non-hydrogen) atoms. The molecular formula is C19H21N3OS. The zero-order chi connectivity index (χ0) is 17.1. The third-order valence-corrected chi connectivity index (χ3v) is 4.91. The van der Waals surface area contributed by atoms with Crippen molar-refractivity contribution in [1.29, 1.82) is 0 Å². The largest absolute Gasteiger partial charge is 0.325 e. The lowest BCUT2D eigenvalue weighted by Gasteiger charge is -2.09. The van der Waals surface area contributed by atoms with Gasteiger partial charge in [-0.25, -0.2) is 4.98 Å². The zero-order valence-corrected chi connectivity index (χ0v) is 15.0. The zero-order valence-electron chi connectivity index (χ0n) is 14.2. The van der Waals surface area contributed by atoms with Gasteiger partial charge in [0.25, 0.3) is 0 Å². The Labute approximate surface area is 146 Å². The van der Waals surface area contributed by atoms with Crippen LogP contribution in [0.15, 0.2) is 47.6 Å². The number of benzene rings is 2. The predicted molar refractivity (Wildman–Crippen MR) is 101 cm³/mol. The fraction of sp³-hybridized carbons (Fsp3) is 0.263. The molecule has 1 amide bonds. The van der Waals surface area contributed by atoms with Gasteiger partial charge in [-0.15, -0.1) is 0 Å². The first-order valence-corrected chi connectivity index (χ1v) is 9.02. The molecule has 5 heteroatoms. The third-order valence-electron chi connectivity index (χ3n) is 3.94. The Hall–Kier alpha value is -2.27. The molecule has 0 aliphatic heterocycles. The van der Waals surface area contributed by atoms with Gasteiger partial charge >= 0.3 is 0 Å². The second kappa shape index (κ2) is 7.09. The van der Waals surface area contributed by atoms with Crippen LogP contribution in [-0.2, 0) is 11.3 Å². The molecule has 0 aliphatic rings. The van der Waals surface area contributed by atoms with Crippen LogP contribution in [0, 0.1) is 13.8 Å². The molecule has 0 unspecified atom stereocenters. The number of hydrogen-bond acceptors (Lipinski definition) is 3. The number of rotatable bonds is 5. The van der Waals surface area contributed by atoms with Crippen molar-refractivity contribution < 1.29 is 4.79 Å². The average molecular weight is 339 g/mol. The van der Waals surface area contributed by atoms with E-state index in [9.17, 15) is 4.79 Å². The smallest absolute Gasteiger partial charge is 0.234 e. The van der Waals surface area contributed by atoms with Crippen LogP contribution in [0.5, 0.6) is 0 Å². The predicted octanol–water partition coefficient (Wildman–Crippen LogP) is 4.40. The molecule has 1 aromatic heterocycles. The van der Waals surface area contributed by atoms with Gasteiger partial charge in [-0.3, -0.25) is 4.79 Å². The molecule has 2 aromatic carbocycles. The van der Waals surface area contributed by atoms with Crippen molar-refractivity contribution >= 4 is 34.4 Å². The number of aryl methyl sites for hydroxylation is 3. The molecule has 1 heterocycles. The Morgan fingerprint density at radius 1 is 1.21 bits per heavy atom. The van der Waals surface area contributed by atoms with Gasteiger partial charge in [0.2, 0.25) is 5.91 Å². The summed E-state index contributed by atoms with van der Waals surface area (Å²) < 4.78 is 2.14. The van der Waals surface area contributed by atoms with Crippen molar-refractivity contribution in [1.82, 2.24) is 9.55 Å². The number of thioether (sulfide) groups is 1. The summed E-state index contributed by atoms with van der Waals surface area (Å²) in [5.74, 6) is 0.333. The van der Waals surface area contributed by atoms with Gasteiger partial charge in [-0.2, -0.15) is 0 Å². The number of nitrogens with zero attached hydrogens (tertiary/aromatic N) is 2. The van der Waals surface area contributed by atoms with Crippen molar-refractivity contribution in [2.45, 2.75) is 32.5 Å². The van der Waals surface area contributed by atoms with Crippen LogP contribution in [0.4, 0.5) is 5.69 Å². The standard InChI is InChI=1S/C19H21N3OS/c1-4-22-17-8-6-5-7-15(17)21-19(22)24-12-18(23)20-16-11-13(2)9-10-14(16)3/h5-11H,4,12H2,1-3H3,(H,20,23). The third kappa shape index (κ3) is 3.46. The Morgan fingerprint density at radius 3 is 2.79 bits per heavy atom. The number of anilines is 1. The highest BCUT2D eigenvalue weighted by molar-refractivity contribution is 7.99. The molecule has 1 N–H and O–H groups in total. The highest BCUT2D eigenvalue weighted by Crippen LogP contribution is 2.24. The molecule has 0 fully saturated rings. The summed E-state index contributed by atoms with van der Waals surface area (Å²) >= 11 is 1.47. The fourth-order valence-electron chi connectivity index (χ4n) is 2.66. The number of hydrogen-bond donors (Lipinski definition) is 1. The molecule has 0 saturated heterocycles. The molecule has 3 rings (SSSR count). The summed E-state index contributed by atoms with van der Waals surface area (Å²) in [7, 11) is 0. The number of fused-ring (bicyclic) bond motifs is 1. The average Bonchev–Trinajstić information content (AvgIpc) is 2.94. The Balaban J connectivity index is 1.71. The van der Waals surface area contributed by atoms with Crippen LogP contribution in [0.2, 0.25) is 0 Å². The second-order valence-corrected chi connectivity index (χ2v) is 6.73. The van der Waals surface area contributed by atoms with E-state index in [4.69, 9.17) is 0 Å². The second-order valence-electron chi connectivity index (χ2n) is 5.78. The molecule has 124 valence electrons. The highest BCUT2D eigenvalue weighted by atomic mass is 32.2. The van der Waals surface area contributed by atoms with Gasteiger partial charge in [-0.1, -0.05) is 36.0 Å². The minimum atomic E-state index is -0.0107. The molecule has 0 aliphatic carbocycles. The first kappa shape index (κ1) is 16.6. The van der Waals surface area contributed by atoms with E-state index in [0.29, 0.717) is 5.75 Å². The SMILES string of the molecule is CCn1c(SCC(=O)Nc2cc(C)ccc2C)nc2ccccc21. The van der Waals surface area contributed by atoms with E-state index in [1.54, 1.807) is 0 Å². The molecule has 0 saturated carbocycles. The number of imidazole rings is 1. The number of amides is 1. The first-order valence-electron chi connectivity index (χ1n) is 8.03. The van der Waals surface area contributed by atoms with E-state index >= 15 is 0 Å². The maximum Gasteiger partial charge on any atom is 0.234 e. The normalized spacial score (nSPS) is 11.0. The van der Waals surface area contributed by atoms with E-state index in [0.717, 1.165) is 39.5 Å². The highest BCUT2D eigenvalue weighted by Gasteiger charge is 2.12. The molecule has 0 bridgehead atoms. The molecule has 0 radical (unpaired) electrons. The van der Waals surface area contributed by atoms with Gasteiger partial charge in [-0.05, 0) is 50.1 Å². The number of nitrogens with one attached hydrogen (secondary N) is 1. The number of carbonyl (C=O) groups excluding carboxylic acids is 1. The molecule has 3 aromatic rings. The van der Waals surface area contributed by atoms with Crippen LogP contribution in [0.3, 0.4) is 0 Å². The summed E-state index contributed by atoms with van der Waals surface area (Å²) in [4.78, 5) is 16.9. The molecular weight excluding hydrogens is 318 g/mol. The van der Waals surface area contributed by atoms with E-state index < -0.39 is 0 Å². The van der Waals surface area contributed by atoms with Crippen LogP contribution < -0.4 is 5.32 Å². The summed E-state index contributed by atoms with van der Waals surface area (Å²) in [5.41, 5.74) is 5.16. The monoisotopic (exact) mass is 339 g/mol. The summed E-state index contributed by atoms with van der Waals surface area (Å²) in [6.45, 7) is 6.95. The Bertz CT molecular complexity index is 885. The lowest BCUT2D eigenvalue weighted by atomic mass is 10.1. The van der Waals surface area contributed by atoms with Gasteiger partial charge in [0, 0.05) is 12.2 Å². The summed E-state index contributed by atoms with van der Waals surface area (Å²) in [5, 5.41) is 3.88. The minimum absolute atomic E-state index is 0.0107. The van der Waals surface area contributed by atoms with Crippen molar-refractivity contribution in [3.8, 4) is 0 Å². The van der Waals surface area contributed by atoms with Crippen LogP contribution in [0.25, 0.3) is 11.0 Å². The van der Waals surface area contributed by atoms with E-state index in [2.05, 4.69) is 27.9 Å². The number of para-hydroxylation sites is 2. The van der Waals surface area contributed by atoms with Crippen LogP contribution >= 0.6 is 11.8 Å². The van der Waals surface area contributed by atoms with Crippen LogP contribution in [-0.4, -0.2) is 21.2 Å². The van der Waals surface area contributed by atoms with Crippen molar-refractivity contribution in [2.75, 3.05) is 11.1 Å². The maximum absolute atomic E-state index is 12.3. The summed E-state index contributed by atoms with van der Waals surface area (Å²) in [6.07, 6.45) is 0. The molecule has 0 spiro atoms. The van der Waals surface area contributed by atoms with Crippen molar-refractivity contribution in [3.05, 3.63) is 53.6 Å². The number of aromatic nitrogens is 2. The topological polar surface area (TPSA) is 46.9 Å². The lowest BCUT2D eigenvalue weighted by Crippen LogP contribution is -2.15. The van der Waals surface area contributed by atoms with Crippen molar-refractivity contribution in [3.63, 3.8) is 0 Å². The van der Waals surface area contributed by atoms with Gasteiger partial charge in [0.1, 0.15) is 0 Å². The lowest BCUT2D eigenvalue weighted by molar-refractivity contribution is -0.113. The first-order chi connectivity index (χ1) is 11.6. The maximum atomic E-state index is 12.3. The van der Waals surface area contributed by atoms with E-state index in [1.807, 2.05) is 50.2 Å². The fourth-order valence-corrected chi connectivity index (χ4v) is 3.53. The van der Waals surface area contributed by atoms with Gasteiger partial charge in [0.05, 0.1) is 16.8 Å². The van der Waals surface area contributed by atoms with Gasteiger partial charge < -0.3 is 9.88 Å². The molecule has 4 nitrogen and oxygen atoms in total. The Kier molecular flexibility index (Phi) is 4.90.